The Bertz CT molecular complexity index is 396. The minimum absolute atomic E-state index is 0.0216. The van der Waals surface area contributed by atoms with Gasteiger partial charge in [-0.3, -0.25) is 9.59 Å². The molecule has 0 spiro atoms. The summed E-state index contributed by atoms with van der Waals surface area (Å²) in [5.74, 6) is 1.76. The number of carbonyl (C=O) groups is 2. The van der Waals surface area contributed by atoms with E-state index in [0.29, 0.717) is 24.9 Å². The molecule has 0 radical (unpaired) electrons. The zero-order valence-corrected chi connectivity index (χ0v) is 13.9. The number of nitrogens with zero attached hydrogens (tertiary/aromatic N) is 1. The van der Waals surface area contributed by atoms with E-state index in [9.17, 15) is 9.59 Å². The van der Waals surface area contributed by atoms with E-state index < -0.39 is 0 Å². The first-order valence-corrected chi connectivity index (χ1v) is 8.53. The van der Waals surface area contributed by atoms with Gasteiger partial charge in [-0.25, -0.2) is 0 Å². The Balaban J connectivity index is 2.14. The van der Waals surface area contributed by atoms with Crippen LogP contribution >= 0.6 is 0 Å². The Labute approximate surface area is 128 Å². The van der Waals surface area contributed by atoms with Crippen molar-refractivity contribution < 1.29 is 9.59 Å². The highest BCUT2D eigenvalue weighted by Crippen LogP contribution is 2.33. The van der Waals surface area contributed by atoms with Gasteiger partial charge in [-0.2, -0.15) is 0 Å². The zero-order valence-electron chi connectivity index (χ0n) is 13.9. The first-order chi connectivity index (χ1) is 9.93. The third-order valence-electron chi connectivity index (χ3n) is 5.67. The van der Waals surface area contributed by atoms with Crippen LogP contribution in [0.4, 0.5) is 0 Å². The molecule has 0 aromatic heterocycles. The molecule has 2 rings (SSSR count). The Hall–Kier alpha value is -1.06. The van der Waals surface area contributed by atoms with Crippen molar-refractivity contribution in [3.63, 3.8) is 0 Å². The normalized spacial score (nSPS) is 36.1. The lowest BCUT2D eigenvalue weighted by molar-refractivity contribution is -0.138. The maximum Gasteiger partial charge on any atom is 0.245 e. The fourth-order valence-corrected chi connectivity index (χ4v) is 3.60. The Morgan fingerprint density at radius 3 is 2.57 bits per heavy atom. The summed E-state index contributed by atoms with van der Waals surface area (Å²) in [4.78, 5) is 26.8. The molecule has 120 valence electrons. The van der Waals surface area contributed by atoms with Crippen molar-refractivity contribution in [2.75, 3.05) is 6.54 Å². The van der Waals surface area contributed by atoms with Crippen LogP contribution in [0.2, 0.25) is 0 Å². The maximum absolute atomic E-state index is 12.9. The number of nitrogens with one attached hydrogen (secondary N) is 1. The quantitative estimate of drug-likeness (QED) is 0.869. The summed E-state index contributed by atoms with van der Waals surface area (Å²) in [6.45, 7) is 9.30. The van der Waals surface area contributed by atoms with Crippen LogP contribution in [0.3, 0.4) is 0 Å². The molecule has 5 unspecified atom stereocenters. The number of hydrogen-bond acceptors (Lipinski definition) is 2. The minimum Gasteiger partial charge on any atom is -0.344 e. The van der Waals surface area contributed by atoms with Gasteiger partial charge in [0, 0.05) is 19.0 Å². The molecule has 0 aromatic carbocycles. The predicted octanol–water partition coefficient (Wildman–Crippen LogP) is 2.57. The summed E-state index contributed by atoms with van der Waals surface area (Å²) < 4.78 is 0. The van der Waals surface area contributed by atoms with Gasteiger partial charge in [-0.15, -0.1) is 0 Å². The van der Waals surface area contributed by atoms with Crippen LogP contribution in [0.25, 0.3) is 0 Å². The van der Waals surface area contributed by atoms with Crippen LogP contribution in [-0.2, 0) is 9.59 Å². The molecule has 5 atom stereocenters. The molecular formula is C17H30N2O2. The highest BCUT2D eigenvalue weighted by atomic mass is 16.2. The van der Waals surface area contributed by atoms with E-state index in [2.05, 4.69) is 33.0 Å². The third-order valence-corrected chi connectivity index (χ3v) is 5.67. The highest BCUT2D eigenvalue weighted by Gasteiger charge is 2.38. The van der Waals surface area contributed by atoms with Crippen molar-refractivity contribution >= 4 is 11.8 Å². The summed E-state index contributed by atoms with van der Waals surface area (Å²) in [6, 6.07) is -0.0115. The highest BCUT2D eigenvalue weighted by molar-refractivity contribution is 5.90. The Morgan fingerprint density at radius 1 is 1.24 bits per heavy atom. The summed E-state index contributed by atoms with van der Waals surface area (Å²) in [7, 11) is 0. The topological polar surface area (TPSA) is 49.4 Å². The van der Waals surface area contributed by atoms with Crippen LogP contribution in [0, 0.1) is 17.8 Å². The fourth-order valence-electron chi connectivity index (χ4n) is 3.60. The minimum atomic E-state index is -0.334. The predicted molar refractivity (Wildman–Crippen MR) is 83.7 cm³/mol. The largest absolute Gasteiger partial charge is 0.344 e. The fraction of sp³-hybridized carbons (Fsp3) is 0.882. The molecule has 0 bridgehead atoms. The number of amides is 2. The molecule has 1 N–H and O–H groups in total. The second-order valence-electron chi connectivity index (χ2n) is 7.13. The van der Waals surface area contributed by atoms with Gasteiger partial charge in [0.2, 0.25) is 11.8 Å². The van der Waals surface area contributed by atoms with E-state index in [0.717, 1.165) is 25.2 Å². The molecule has 2 aliphatic rings. The molecule has 4 nitrogen and oxygen atoms in total. The lowest BCUT2D eigenvalue weighted by Crippen LogP contribution is -2.52. The van der Waals surface area contributed by atoms with E-state index in [1.807, 2.05) is 4.90 Å². The Kier molecular flexibility index (Phi) is 5.28. The summed E-state index contributed by atoms with van der Waals surface area (Å²) in [5.41, 5.74) is 0. The second-order valence-corrected chi connectivity index (χ2v) is 7.13. The van der Waals surface area contributed by atoms with Gasteiger partial charge in [0.25, 0.3) is 0 Å². The van der Waals surface area contributed by atoms with Crippen LogP contribution in [0.5, 0.6) is 0 Å². The SMILES string of the molecule is CCC(C)C1NC(=O)CCN(C2CCC(C)C(C)C2)C1=O. The van der Waals surface area contributed by atoms with Crippen LogP contribution in [0.1, 0.15) is 59.8 Å². The summed E-state index contributed by atoms with van der Waals surface area (Å²) >= 11 is 0. The number of carbonyl (C=O) groups excluding carboxylic acids is 2. The number of rotatable bonds is 3. The molecule has 0 aromatic rings. The van der Waals surface area contributed by atoms with Crippen molar-refractivity contribution in [2.24, 2.45) is 17.8 Å². The smallest absolute Gasteiger partial charge is 0.245 e. The van der Waals surface area contributed by atoms with Gasteiger partial charge in [0.05, 0.1) is 0 Å². The first kappa shape index (κ1) is 16.3. The average molecular weight is 294 g/mol. The lowest BCUT2D eigenvalue weighted by atomic mass is 9.78. The summed E-state index contributed by atoms with van der Waals surface area (Å²) in [6.07, 6.45) is 4.69. The molecule has 21 heavy (non-hydrogen) atoms. The van der Waals surface area contributed by atoms with E-state index in [1.54, 1.807) is 0 Å². The van der Waals surface area contributed by atoms with E-state index in [1.165, 1.54) is 6.42 Å². The van der Waals surface area contributed by atoms with Crippen molar-refractivity contribution in [3.8, 4) is 0 Å². The zero-order chi connectivity index (χ0) is 15.6. The molecule has 1 saturated heterocycles. The van der Waals surface area contributed by atoms with Gasteiger partial charge >= 0.3 is 0 Å². The molecule has 4 heteroatoms. The van der Waals surface area contributed by atoms with Crippen molar-refractivity contribution in [2.45, 2.75) is 71.9 Å². The van der Waals surface area contributed by atoms with Gasteiger partial charge < -0.3 is 10.2 Å². The molecule has 2 fully saturated rings. The van der Waals surface area contributed by atoms with Crippen LogP contribution < -0.4 is 5.32 Å². The van der Waals surface area contributed by atoms with Crippen LogP contribution in [-0.4, -0.2) is 35.3 Å². The second kappa shape index (κ2) is 6.80. The van der Waals surface area contributed by atoms with Crippen molar-refractivity contribution in [3.05, 3.63) is 0 Å². The number of hydrogen-bond donors (Lipinski definition) is 1. The van der Waals surface area contributed by atoms with Crippen molar-refractivity contribution in [1.82, 2.24) is 10.2 Å². The molecule has 1 heterocycles. The van der Waals surface area contributed by atoms with Gasteiger partial charge in [0.1, 0.15) is 6.04 Å². The Morgan fingerprint density at radius 2 is 1.95 bits per heavy atom. The van der Waals surface area contributed by atoms with Gasteiger partial charge in [-0.1, -0.05) is 34.1 Å². The summed E-state index contributed by atoms with van der Waals surface area (Å²) in [5, 5.41) is 2.94. The van der Waals surface area contributed by atoms with E-state index >= 15 is 0 Å². The van der Waals surface area contributed by atoms with E-state index in [-0.39, 0.29) is 23.8 Å². The van der Waals surface area contributed by atoms with Crippen molar-refractivity contribution in [1.29, 1.82) is 0 Å². The first-order valence-electron chi connectivity index (χ1n) is 8.53. The molecule has 1 aliphatic carbocycles. The van der Waals surface area contributed by atoms with Gasteiger partial charge in [0.15, 0.2) is 0 Å². The molecule has 2 amide bonds. The average Bonchev–Trinajstić information content (AvgIpc) is 2.61. The maximum atomic E-state index is 12.9. The molecular weight excluding hydrogens is 264 g/mol. The standard InChI is InChI=1S/C17H30N2O2/c1-5-11(2)16-17(21)19(9-8-15(20)18-16)14-7-6-12(3)13(4)10-14/h11-14,16H,5-10H2,1-4H3,(H,18,20). The lowest BCUT2D eigenvalue weighted by Gasteiger charge is -2.40. The third kappa shape index (κ3) is 3.58. The molecule has 1 aliphatic heterocycles. The van der Waals surface area contributed by atoms with Gasteiger partial charge in [-0.05, 0) is 37.0 Å². The van der Waals surface area contributed by atoms with Crippen LogP contribution in [0.15, 0.2) is 0 Å². The van der Waals surface area contributed by atoms with E-state index in [4.69, 9.17) is 0 Å². The molecule has 1 saturated carbocycles. The monoisotopic (exact) mass is 294 g/mol.